The van der Waals surface area contributed by atoms with Gasteiger partial charge in [-0.25, -0.2) is 4.31 Å². The van der Waals surface area contributed by atoms with Crippen molar-refractivity contribution in [3.05, 3.63) is 64.7 Å². The Morgan fingerprint density at radius 2 is 1.70 bits per heavy atom. The highest BCUT2D eigenvalue weighted by atomic mass is 32.2. The molecule has 2 heterocycles. The summed E-state index contributed by atoms with van der Waals surface area (Å²) in [5.41, 5.74) is 8.54. The van der Waals surface area contributed by atoms with Crippen LogP contribution in [0.1, 0.15) is 60.7 Å². The summed E-state index contributed by atoms with van der Waals surface area (Å²) in [4.78, 5) is 41.6. The maximum absolute atomic E-state index is 13.2. The Morgan fingerprint density at radius 3 is 2.33 bits per heavy atom. The zero-order valence-electron chi connectivity index (χ0n) is 23.9. The molecule has 0 bridgehead atoms. The van der Waals surface area contributed by atoms with Crippen LogP contribution in [0.5, 0.6) is 5.75 Å². The van der Waals surface area contributed by atoms with E-state index in [4.69, 9.17) is 15.2 Å². The van der Waals surface area contributed by atoms with Crippen molar-refractivity contribution in [1.29, 1.82) is 0 Å². The second-order valence-electron chi connectivity index (χ2n) is 11.3. The topological polar surface area (TPSA) is 105 Å². The number of hydrogen-bond donors (Lipinski definition) is 1. The highest BCUT2D eigenvalue weighted by Crippen LogP contribution is 2.33. The molecule has 9 nitrogen and oxygen atoms in total. The van der Waals surface area contributed by atoms with Crippen LogP contribution in [-0.2, 0) is 34.0 Å². The van der Waals surface area contributed by atoms with Crippen LogP contribution >= 0.6 is 11.9 Å². The minimum absolute atomic E-state index is 0.0155. The molecule has 4 rings (SSSR count). The Labute approximate surface area is 241 Å². The Morgan fingerprint density at radius 1 is 1.02 bits per heavy atom. The molecule has 2 aliphatic heterocycles. The summed E-state index contributed by atoms with van der Waals surface area (Å²) in [6.07, 6.45) is 2.21. The van der Waals surface area contributed by atoms with Crippen molar-refractivity contribution in [2.45, 2.75) is 65.0 Å². The Balaban J connectivity index is 1.35. The van der Waals surface area contributed by atoms with Crippen LogP contribution in [0.3, 0.4) is 0 Å². The predicted molar refractivity (Wildman–Crippen MR) is 156 cm³/mol. The first kappa shape index (κ1) is 29.9. The average Bonchev–Trinajstić information content (AvgIpc) is 3.24. The number of esters is 1. The van der Waals surface area contributed by atoms with Crippen LogP contribution in [0.4, 0.5) is 0 Å². The van der Waals surface area contributed by atoms with E-state index in [2.05, 4.69) is 39.7 Å². The first-order valence-corrected chi connectivity index (χ1v) is 14.9. The van der Waals surface area contributed by atoms with Gasteiger partial charge in [-0.15, -0.1) is 0 Å². The van der Waals surface area contributed by atoms with E-state index >= 15 is 0 Å². The van der Waals surface area contributed by atoms with Gasteiger partial charge >= 0.3 is 5.97 Å². The molecule has 40 heavy (non-hydrogen) atoms. The molecule has 0 radical (unpaired) electrons. The number of nitrogens with two attached hydrogens (primary N) is 1. The molecular weight excluding hydrogens is 528 g/mol. The number of primary amides is 1. The summed E-state index contributed by atoms with van der Waals surface area (Å²) >= 11 is 1.81. The summed E-state index contributed by atoms with van der Waals surface area (Å²) in [7, 11) is 0. The lowest BCUT2D eigenvalue weighted by Gasteiger charge is -2.33. The predicted octanol–water partition coefficient (Wildman–Crippen LogP) is 3.59. The van der Waals surface area contributed by atoms with Crippen molar-refractivity contribution in [3.63, 3.8) is 0 Å². The number of ether oxygens (including phenoxy) is 2. The molecule has 10 heteroatoms. The van der Waals surface area contributed by atoms with Gasteiger partial charge in [0.15, 0.2) is 0 Å². The largest absolute Gasteiger partial charge is 0.489 e. The van der Waals surface area contributed by atoms with Crippen molar-refractivity contribution in [3.8, 4) is 5.75 Å². The van der Waals surface area contributed by atoms with Crippen LogP contribution in [0, 0.1) is 0 Å². The molecule has 1 atom stereocenters. The first-order valence-electron chi connectivity index (χ1n) is 13.7. The molecule has 2 aromatic rings. The number of carbonyl (C=O) groups excluding carboxylic acids is 3. The molecule has 0 aromatic heterocycles. The number of piperazine rings is 1. The molecule has 0 aliphatic carbocycles. The van der Waals surface area contributed by atoms with Crippen LogP contribution in [0.15, 0.2) is 42.5 Å². The van der Waals surface area contributed by atoms with E-state index in [1.54, 1.807) is 32.9 Å². The fourth-order valence-corrected chi connectivity index (χ4v) is 5.57. The lowest BCUT2D eigenvalue weighted by atomic mass is 10.1. The minimum Gasteiger partial charge on any atom is -0.489 e. The van der Waals surface area contributed by atoms with Crippen molar-refractivity contribution >= 4 is 29.7 Å². The van der Waals surface area contributed by atoms with Gasteiger partial charge in [-0.1, -0.05) is 42.3 Å². The highest BCUT2D eigenvalue weighted by molar-refractivity contribution is 7.96. The van der Waals surface area contributed by atoms with Crippen LogP contribution in [0.25, 0.3) is 0 Å². The summed E-state index contributed by atoms with van der Waals surface area (Å²) in [6, 6.07) is 12.8. The number of rotatable bonds is 11. The number of nitrogens with zero attached hydrogens (tertiary/aromatic N) is 3. The Bertz CT molecular complexity index is 1210. The van der Waals surface area contributed by atoms with E-state index in [-0.39, 0.29) is 25.3 Å². The van der Waals surface area contributed by atoms with Crippen LogP contribution in [-0.4, -0.2) is 76.0 Å². The highest BCUT2D eigenvalue weighted by Gasteiger charge is 2.37. The molecule has 2 aromatic carbocycles. The number of amides is 2. The second kappa shape index (κ2) is 13.1. The zero-order chi connectivity index (χ0) is 28.9. The van der Waals surface area contributed by atoms with E-state index in [0.717, 1.165) is 43.9 Å². The van der Waals surface area contributed by atoms with Gasteiger partial charge in [-0.05, 0) is 56.7 Å². The first-order chi connectivity index (χ1) is 19.0. The van der Waals surface area contributed by atoms with Gasteiger partial charge in [0, 0.05) is 50.3 Å². The van der Waals surface area contributed by atoms with E-state index in [1.165, 1.54) is 10.5 Å². The third kappa shape index (κ3) is 7.77. The minimum atomic E-state index is -0.920. The molecule has 0 spiro atoms. The fourth-order valence-electron chi connectivity index (χ4n) is 5.04. The monoisotopic (exact) mass is 568 g/mol. The van der Waals surface area contributed by atoms with Gasteiger partial charge in [0.05, 0.1) is 6.54 Å². The van der Waals surface area contributed by atoms with Gasteiger partial charge in [0.25, 0.3) is 5.91 Å². The van der Waals surface area contributed by atoms with Crippen LogP contribution in [0.2, 0.25) is 0 Å². The fraction of sp³-hybridized carbons (Fsp3) is 0.500. The van der Waals surface area contributed by atoms with Gasteiger partial charge in [0.1, 0.15) is 24.0 Å². The Kier molecular flexibility index (Phi) is 9.76. The molecular formula is C30H40N4O5S. The number of hydrogen-bond acceptors (Lipinski definition) is 8. The number of benzene rings is 2. The van der Waals surface area contributed by atoms with Crippen LogP contribution < -0.4 is 10.5 Å². The zero-order valence-corrected chi connectivity index (χ0v) is 24.7. The van der Waals surface area contributed by atoms with E-state index < -0.39 is 23.5 Å². The molecule has 0 saturated carbocycles. The van der Waals surface area contributed by atoms with Crippen molar-refractivity contribution in [1.82, 2.24) is 14.1 Å². The normalized spacial score (nSPS) is 17.0. The van der Waals surface area contributed by atoms with E-state index in [1.807, 2.05) is 18.0 Å². The van der Waals surface area contributed by atoms with E-state index in [9.17, 15) is 14.4 Å². The molecule has 2 amide bonds. The second-order valence-corrected chi connectivity index (χ2v) is 12.1. The summed E-state index contributed by atoms with van der Waals surface area (Å²) in [6.45, 7) is 11.1. The molecule has 2 N–H and O–H groups in total. The number of carbonyl (C=O) groups is 3. The molecule has 1 fully saturated rings. The lowest BCUT2D eigenvalue weighted by Crippen LogP contribution is -2.45. The standard InChI is InChI=1S/C30H40N4O5S/c1-30(2,3)39-27(35)13-12-25(28(31)36)34-19-24-23(29(34)37)6-5-7-26(24)38-20-22-10-8-21(9-11-22)18-32-14-16-33(40-4)17-15-32/h5-11,25H,12-20H2,1-4H3,(H2,31,36)/t25-/m0/s1. The third-order valence-corrected chi connectivity index (χ3v) is 7.99. The van der Waals surface area contributed by atoms with Crippen molar-refractivity contribution in [2.24, 2.45) is 5.73 Å². The van der Waals surface area contributed by atoms with E-state index in [0.29, 0.717) is 17.9 Å². The van der Waals surface area contributed by atoms with Gasteiger partial charge in [0.2, 0.25) is 5.91 Å². The molecule has 2 aliphatic rings. The third-order valence-electron chi connectivity index (χ3n) is 7.11. The molecule has 216 valence electrons. The van der Waals surface area contributed by atoms with Gasteiger partial charge < -0.3 is 20.1 Å². The van der Waals surface area contributed by atoms with Gasteiger partial charge in [-0.2, -0.15) is 0 Å². The quantitative estimate of drug-likeness (QED) is 0.324. The molecule has 0 unspecified atom stereocenters. The SMILES string of the molecule is CSN1CCN(Cc2ccc(COc3cccc4c3CN([C@@H](CCC(=O)OC(C)(C)C)C(N)=O)C4=O)cc2)CC1. The number of fused-ring (bicyclic) bond motifs is 1. The Hall–Kier alpha value is -3.08. The van der Waals surface area contributed by atoms with Crippen molar-refractivity contribution < 1.29 is 23.9 Å². The summed E-state index contributed by atoms with van der Waals surface area (Å²) in [5, 5.41) is 0. The summed E-state index contributed by atoms with van der Waals surface area (Å²) < 4.78 is 13.9. The van der Waals surface area contributed by atoms with Gasteiger partial charge in [-0.3, -0.25) is 19.3 Å². The maximum atomic E-state index is 13.2. The average molecular weight is 569 g/mol. The smallest absolute Gasteiger partial charge is 0.306 e. The van der Waals surface area contributed by atoms with Crippen molar-refractivity contribution in [2.75, 3.05) is 32.4 Å². The maximum Gasteiger partial charge on any atom is 0.306 e. The molecule has 1 saturated heterocycles. The summed E-state index contributed by atoms with van der Waals surface area (Å²) in [5.74, 6) is -0.787. The lowest BCUT2D eigenvalue weighted by molar-refractivity contribution is -0.155.